The number of hydrazine groups is 1. The topological polar surface area (TPSA) is 38.0 Å². The Hall–Kier alpha value is -0.580. The van der Waals surface area contributed by atoms with Crippen LogP contribution < -0.4 is 11.3 Å². The molecular formula is C13H21FN2S. The van der Waals surface area contributed by atoms with Gasteiger partial charge < -0.3 is 0 Å². The first-order valence-corrected chi connectivity index (χ1v) is 6.99. The maximum atomic E-state index is 13.4. The normalized spacial score (nSPS) is 14.6. The number of rotatable bonds is 7. The van der Waals surface area contributed by atoms with Gasteiger partial charge in [0.25, 0.3) is 0 Å². The maximum absolute atomic E-state index is 13.4. The van der Waals surface area contributed by atoms with Crippen LogP contribution in [0.1, 0.15) is 26.7 Å². The van der Waals surface area contributed by atoms with E-state index in [9.17, 15) is 4.39 Å². The summed E-state index contributed by atoms with van der Waals surface area (Å²) in [5.74, 6) is 6.79. The number of hydrogen-bond acceptors (Lipinski definition) is 3. The first kappa shape index (κ1) is 14.5. The minimum atomic E-state index is -0.156. The number of halogens is 1. The molecule has 0 fully saturated rings. The quantitative estimate of drug-likeness (QED) is 0.447. The second-order valence-corrected chi connectivity index (χ2v) is 5.42. The highest BCUT2D eigenvalue weighted by atomic mass is 32.2. The minimum absolute atomic E-state index is 0.156. The van der Waals surface area contributed by atoms with Gasteiger partial charge in [0.1, 0.15) is 5.82 Å². The van der Waals surface area contributed by atoms with Gasteiger partial charge in [-0.15, -0.1) is 11.8 Å². The molecule has 3 N–H and O–H groups in total. The summed E-state index contributed by atoms with van der Waals surface area (Å²) in [6.07, 6.45) is 2.16. The predicted octanol–water partition coefficient (Wildman–Crippen LogP) is 3.19. The van der Waals surface area contributed by atoms with Gasteiger partial charge in [-0.05, 0) is 24.5 Å². The van der Waals surface area contributed by atoms with Crippen LogP contribution in [-0.4, -0.2) is 11.8 Å². The van der Waals surface area contributed by atoms with E-state index < -0.39 is 0 Å². The van der Waals surface area contributed by atoms with Crippen LogP contribution in [0.3, 0.4) is 0 Å². The molecule has 0 aliphatic carbocycles. The highest BCUT2D eigenvalue weighted by molar-refractivity contribution is 7.99. The molecule has 0 aliphatic rings. The van der Waals surface area contributed by atoms with Crippen molar-refractivity contribution in [2.75, 3.05) is 5.75 Å². The Morgan fingerprint density at radius 2 is 2.12 bits per heavy atom. The largest absolute Gasteiger partial charge is 0.271 e. The van der Waals surface area contributed by atoms with Crippen molar-refractivity contribution >= 4 is 11.8 Å². The number of thioether (sulfide) groups is 1. The Bertz CT molecular complexity index is 333. The Morgan fingerprint density at radius 3 is 2.71 bits per heavy atom. The second-order valence-electron chi connectivity index (χ2n) is 4.35. The van der Waals surface area contributed by atoms with Crippen molar-refractivity contribution in [1.29, 1.82) is 0 Å². The van der Waals surface area contributed by atoms with Crippen molar-refractivity contribution in [2.45, 2.75) is 37.6 Å². The fourth-order valence-electron chi connectivity index (χ4n) is 1.59. The maximum Gasteiger partial charge on any atom is 0.136 e. The number of hydrogen-bond donors (Lipinski definition) is 2. The van der Waals surface area contributed by atoms with E-state index in [0.29, 0.717) is 10.8 Å². The van der Waals surface area contributed by atoms with E-state index >= 15 is 0 Å². The van der Waals surface area contributed by atoms with E-state index in [1.54, 1.807) is 12.1 Å². The summed E-state index contributed by atoms with van der Waals surface area (Å²) in [4.78, 5) is 0.692. The van der Waals surface area contributed by atoms with Crippen LogP contribution in [0.15, 0.2) is 29.2 Å². The summed E-state index contributed by atoms with van der Waals surface area (Å²) in [6, 6.07) is 7.08. The lowest BCUT2D eigenvalue weighted by atomic mass is 10.0. The van der Waals surface area contributed by atoms with Gasteiger partial charge in [-0.3, -0.25) is 11.3 Å². The summed E-state index contributed by atoms with van der Waals surface area (Å²) in [6.45, 7) is 4.38. The van der Waals surface area contributed by atoms with Gasteiger partial charge in [0.05, 0.1) is 0 Å². The predicted molar refractivity (Wildman–Crippen MR) is 72.3 cm³/mol. The SMILES string of the molecule is CCC(C)CC(CSc1ccccc1F)NN. The lowest BCUT2D eigenvalue weighted by molar-refractivity contribution is 0.423. The molecule has 0 saturated heterocycles. The third kappa shape index (κ3) is 5.06. The Balaban J connectivity index is 2.45. The van der Waals surface area contributed by atoms with Crippen LogP contribution in [0.5, 0.6) is 0 Å². The average molecular weight is 256 g/mol. The highest BCUT2D eigenvalue weighted by Crippen LogP contribution is 2.23. The summed E-state index contributed by atoms with van der Waals surface area (Å²) >= 11 is 1.51. The number of nitrogens with one attached hydrogen (secondary N) is 1. The third-order valence-corrected chi connectivity index (χ3v) is 4.11. The molecule has 0 aliphatic heterocycles. The van der Waals surface area contributed by atoms with E-state index in [-0.39, 0.29) is 11.9 Å². The van der Waals surface area contributed by atoms with Crippen molar-refractivity contribution in [1.82, 2.24) is 5.43 Å². The number of benzene rings is 1. The summed E-state index contributed by atoms with van der Waals surface area (Å²) < 4.78 is 13.4. The lowest BCUT2D eigenvalue weighted by Gasteiger charge is -2.19. The van der Waals surface area contributed by atoms with Crippen LogP contribution in [0.2, 0.25) is 0 Å². The standard InChI is InChI=1S/C13H21FN2S/c1-3-10(2)8-11(16-15)9-17-13-7-5-4-6-12(13)14/h4-7,10-11,16H,3,8-9,15H2,1-2H3. The Kier molecular flexibility index (Phi) is 6.55. The van der Waals surface area contributed by atoms with Crippen molar-refractivity contribution in [3.05, 3.63) is 30.1 Å². The molecule has 2 atom stereocenters. The molecule has 2 nitrogen and oxygen atoms in total. The molecule has 0 spiro atoms. The van der Waals surface area contributed by atoms with Gasteiger partial charge in [-0.2, -0.15) is 0 Å². The average Bonchev–Trinajstić information content (AvgIpc) is 2.35. The minimum Gasteiger partial charge on any atom is -0.271 e. The molecular weight excluding hydrogens is 235 g/mol. The Morgan fingerprint density at radius 1 is 1.41 bits per heavy atom. The molecule has 17 heavy (non-hydrogen) atoms. The van der Waals surface area contributed by atoms with E-state index in [0.717, 1.165) is 18.6 Å². The molecule has 0 radical (unpaired) electrons. The molecule has 1 rings (SSSR count). The molecule has 0 aromatic heterocycles. The number of nitrogens with two attached hydrogens (primary N) is 1. The van der Waals surface area contributed by atoms with E-state index in [2.05, 4.69) is 19.3 Å². The van der Waals surface area contributed by atoms with Crippen molar-refractivity contribution in [2.24, 2.45) is 11.8 Å². The van der Waals surface area contributed by atoms with E-state index in [1.165, 1.54) is 17.8 Å². The zero-order valence-electron chi connectivity index (χ0n) is 10.4. The van der Waals surface area contributed by atoms with Gasteiger partial charge in [0.2, 0.25) is 0 Å². The smallest absolute Gasteiger partial charge is 0.136 e. The molecule has 4 heteroatoms. The molecule has 0 heterocycles. The van der Waals surface area contributed by atoms with Crippen LogP contribution >= 0.6 is 11.8 Å². The monoisotopic (exact) mass is 256 g/mol. The first-order valence-electron chi connectivity index (χ1n) is 6.00. The van der Waals surface area contributed by atoms with Gasteiger partial charge >= 0.3 is 0 Å². The fraction of sp³-hybridized carbons (Fsp3) is 0.538. The zero-order valence-corrected chi connectivity index (χ0v) is 11.3. The van der Waals surface area contributed by atoms with Crippen LogP contribution in [0.25, 0.3) is 0 Å². The van der Waals surface area contributed by atoms with Gasteiger partial charge in [-0.25, -0.2) is 4.39 Å². The zero-order chi connectivity index (χ0) is 12.7. The van der Waals surface area contributed by atoms with Crippen LogP contribution in [0, 0.1) is 11.7 Å². The van der Waals surface area contributed by atoms with Crippen molar-refractivity contribution in [3.8, 4) is 0 Å². The van der Waals surface area contributed by atoms with Gasteiger partial charge in [-0.1, -0.05) is 32.4 Å². The summed E-state index contributed by atoms with van der Waals surface area (Å²) in [5, 5.41) is 0. The van der Waals surface area contributed by atoms with Gasteiger partial charge in [0, 0.05) is 16.7 Å². The van der Waals surface area contributed by atoms with Gasteiger partial charge in [0.15, 0.2) is 0 Å². The molecule has 0 saturated carbocycles. The highest BCUT2D eigenvalue weighted by Gasteiger charge is 2.12. The third-order valence-electron chi connectivity index (χ3n) is 2.90. The lowest BCUT2D eigenvalue weighted by Crippen LogP contribution is -2.38. The van der Waals surface area contributed by atoms with Crippen molar-refractivity contribution < 1.29 is 4.39 Å². The molecule has 96 valence electrons. The Labute approximate surface area is 107 Å². The van der Waals surface area contributed by atoms with Crippen LogP contribution in [-0.2, 0) is 0 Å². The van der Waals surface area contributed by atoms with E-state index in [4.69, 9.17) is 5.84 Å². The molecule has 1 aromatic carbocycles. The second kappa shape index (κ2) is 7.69. The van der Waals surface area contributed by atoms with E-state index in [1.807, 2.05) is 6.07 Å². The van der Waals surface area contributed by atoms with Crippen molar-refractivity contribution in [3.63, 3.8) is 0 Å². The first-order chi connectivity index (χ1) is 8.17. The molecule has 0 amide bonds. The van der Waals surface area contributed by atoms with Crippen LogP contribution in [0.4, 0.5) is 4.39 Å². The molecule has 1 aromatic rings. The molecule has 2 unspecified atom stereocenters. The fourth-order valence-corrected chi connectivity index (χ4v) is 2.58. The summed E-state index contributed by atoms with van der Waals surface area (Å²) in [5.41, 5.74) is 2.81. The summed E-state index contributed by atoms with van der Waals surface area (Å²) in [7, 11) is 0. The molecule has 0 bridgehead atoms.